The fourth-order valence-electron chi connectivity index (χ4n) is 3.06. The first-order valence-corrected chi connectivity index (χ1v) is 10.2. The lowest BCUT2D eigenvalue weighted by atomic mass is 10.2. The Kier molecular flexibility index (Phi) is 5.58. The van der Waals surface area contributed by atoms with Crippen molar-refractivity contribution in [2.24, 2.45) is 4.99 Å². The highest BCUT2D eigenvalue weighted by Gasteiger charge is 2.22. The van der Waals surface area contributed by atoms with E-state index < -0.39 is 0 Å². The van der Waals surface area contributed by atoms with E-state index in [1.165, 1.54) is 17.7 Å². The maximum Gasteiger partial charge on any atom is 0.233 e. The lowest BCUT2D eigenvalue weighted by Crippen LogP contribution is -2.11. The summed E-state index contributed by atoms with van der Waals surface area (Å²) in [4.78, 5) is 4.77. The zero-order chi connectivity index (χ0) is 18.5. The van der Waals surface area contributed by atoms with E-state index in [2.05, 4.69) is 28.8 Å². The Balaban J connectivity index is 1.37. The van der Waals surface area contributed by atoms with Crippen LogP contribution in [0.1, 0.15) is 16.8 Å². The van der Waals surface area contributed by atoms with Crippen LogP contribution in [0.4, 0.5) is 4.39 Å². The van der Waals surface area contributed by atoms with Gasteiger partial charge in [0.25, 0.3) is 0 Å². The Labute approximate surface area is 162 Å². The molecule has 5 heteroatoms. The van der Waals surface area contributed by atoms with E-state index in [0.717, 1.165) is 22.8 Å². The summed E-state index contributed by atoms with van der Waals surface area (Å²) in [6.07, 6.45) is 2.00. The molecule has 0 N–H and O–H groups in total. The Morgan fingerprint density at radius 3 is 2.63 bits per heavy atom. The van der Waals surface area contributed by atoms with Crippen LogP contribution in [-0.4, -0.2) is 28.9 Å². The topological polar surface area (TPSA) is 26.5 Å². The first-order chi connectivity index (χ1) is 13.3. The van der Waals surface area contributed by atoms with Crippen LogP contribution < -0.4 is 0 Å². The molecule has 3 aromatic rings. The van der Waals surface area contributed by atoms with Gasteiger partial charge in [-0.25, -0.2) is 9.38 Å². The van der Waals surface area contributed by atoms with Crippen molar-refractivity contribution in [1.82, 2.24) is 4.57 Å². The van der Waals surface area contributed by atoms with Crippen molar-refractivity contribution in [3.05, 3.63) is 95.6 Å². The molecule has 3 nitrogen and oxygen atoms in total. The first-order valence-electron chi connectivity index (χ1n) is 9.00. The summed E-state index contributed by atoms with van der Waals surface area (Å²) in [5.74, 6) is 2.42. The highest BCUT2D eigenvalue weighted by molar-refractivity contribution is 7.98. The SMILES string of the molecule is Fc1ccc(Cn2cccc2C2=NC(CSCc3ccccc3)CO2)cc1. The number of rotatable bonds is 7. The van der Waals surface area contributed by atoms with E-state index in [1.807, 2.05) is 36.2 Å². The zero-order valence-electron chi connectivity index (χ0n) is 14.9. The molecule has 1 unspecified atom stereocenters. The van der Waals surface area contributed by atoms with Crippen LogP contribution >= 0.6 is 11.8 Å². The van der Waals surface area contributed by atoms with Crippen molar-refractivity contribution in [3.63, 3.8) is 0 Å². The van der Waals surface area contributed by atoms with E-state index in [-0.39, 0.29) is 11.9 Å². The van der Waals surface area contributed by atoms with Crippen LogP contribution in [0.25, 0.3) is 0 Å². The minimum Gasteiger partial charge on any atom is -0.474 e. The summed E-state index contributed by atoms with van der Waals surface area (Å²) >= 11 is 1.88. The Bertz CT molecular complexity index is 906. The van der Waals surface area contributed by atoms with Gasteiger partial charge >= 0.3 is 0 Å². The highest BCUT2D eigenvalue weighted by atomic mass is 32.2. The predicted octanol–water partition coefficient (Wildman–Crippen LogP) is 4.75. The third-order valence-corrected chi connectivity index (χ3v) is 5.61. The molecule has 0 aliphatic carbocycles. The quantitative estimate of drug-likeness (QED) is 0.591. The predicted molar refractivity (Wildman–Crippen MR) is 109 cm³/mol. The molecule has 0 saturated heterocycles. The van der Waals surface area contributed by atoms with Crippen molar-refractivity contribution in [1.29, 1.82) is 0 Å². The Morgan fingerprint density at radius 1 is 1.00 bits per heavy atom. The fraction of sp³-hybridized carbons (Fsp3) is 0.227. The number of nitrogens with zero attached hydrogens (tertiary/aromatic N) is 2. The molecule has 138 valence electrons. The molecule has 0 saturated carbocycles. The van der Waals surface area contributed by atoms with Crippen LogP contribution in [-0.2, 0) is 17.0 Å². The number of halogens is 1. The monoisotopic (exact) mass is 380 g/mol. The van der Waals surface area contributed by atoms with Crippen LogP contribution in [0.5, 0.6) is 0 Å². The normalized spacial score (nSPS) is 16.2. The van der Waals surface area contributed by atoms with Gasteiger partial charge in [-0.1, -0.05) is 42.5 Å². The largest absolute Gasteiger partial charge is 0.474 e. The second-order valence-corrected chi connectivity index (χ2v) is 7.58. The maximum absolute atomic E-state index is 13.1. The average molecular weight is 380 g/mol. The third kappa shape index (κ3) is 4.61. The number of thioether (sulfide) groups is 1. The lowest BCUT2D eigenvalue weighted by molar-refractivity contribution is 0.323. The highest BCUT2D eigenvalue weighted by Crippen LogP contribution is 2.20. The summed E-state index contributed by atoms with van der Waals surface area (Å²) in [6, 6.07) is 21.2. The van der Waals surface area contributed by atoms with Crippen LogP contribution in [0, 0.1) is 5.82 Å². The van der Waals surface area contributed by atoms with Gasteiger partial charge in [0.2, 0.25) is 5.90 Å². The van der Waals surface area contributed by atoms with Gasteiger partial charge in [0.05, 0.1) is 6.04 Å². The van der Waals surface area contributed by atoms with Crippen LogP contribution in [0.15, 0.2) is 77.9 Å². The van der Waals surface area contributed by atoms with E-state index >= 15 is 0 Å². The molecular formula is C22H21FN2OS. The number of benzene rings is 2. The molecule has 1 aromatic heterocycles. The summed E-state index contributed by atoms with van der Waals surface area (Å²) < 4.78 is 21.1. The first kappa shape index (κ1) is 17.9. The van der Waals surface area contributed by atoms with Crippen molar-refractivity contribution in [2.75, 3.05) is 12.4 Å². The summed E-state index contributed by atoms with van der Waals surface area (Å²) in [7, 11) is 0. The van der Waals surface area contributed by atoms with E-state index in [0.29, 0.717) is 19.0 Å². The van der Waals surface area contributed by atoms with Gasteiger partial charge in [-0.15, -0.1) is 0 Å². The maximum atomic E-state index is 13.1. The van der Waals surface area contributed by atoms with Crippen molar-refractivity contribution >= 4 is 17.7 Å². The lowest BCUT2D eigenvalue weighted by Gasteiger charge is -2.09. The van der Waals surface area contributed by atoms with Gasteiger partial charge in [-0.3, -0.25) is 0 Å². The summed E-state index contributed by atoms with van der Waals surface area (Å²) in [5, 5.41) is 0. The third-order valence-electron chi connectivity index (χ3n) is 4.45. The number of aromatic nitrogens is 1. The molecule has 4 rings (SSSR count). The fourth-order valence-corrected chi connectivity index (χ4v) is 4.05. The standard InChI is InChI=1S/C22H21FN2OS/c23-19-10-8-17(9-11-19)13-25-12-4-7-21(25)22-24-20(14-26-22)16-27-15-18-5-2-1-3-6-18/h1-12,20H,13-16H2. The van der Waals surface area contributed by atoms with E-state index in [4.69, 9.17) is 9.73 Å². The zero-order valence-corrected chi connectivity index (χ0v) is 15.7. The van der Waals surface area contributed by atoms with Crippen LogP contribution in [0.3, 0.4) is 0 Å². The molecule has 0 radical (unpaired) electrons. The number of aliphatic imine (C=N–C) groups is 1. The molecule has 27 heavy (non-hydrogen) atoms. The molecule has 0 fully saturated rings. The minimum atomic E-state index is -0.217. The molecule has 1 aliphatic rings. The smallest absolute Gasteiger partial charge is 0.233 e. The summed E-state index contributed by atoms with van der Waals surface area (Å²) in [5.41, 5.74) is 3.34. The molecule has 0 bridgehead atoms. The Hall–Kier alpha value is -2.53. The van der Waals surface area contributed by atoms with Gasteiger partial charge in [-0.05, 0) is 35.4 Å². The van der Waals surface area contributed by atoms with Gasteiger partial charge < -0.3 is 9.30 Å². The van der Waals surface area contributed by atoms with Gasteiger partial charge in [0, 0.05) is 24.2 Å². The molecule has 1 atom stereocenters. The molecule has 0 spiro atoms. The molecule has 1 aliphatic heterocycles. The molecular weight excluding hydrogens is 359 g/mol. The van der Waals surface area contributed by atoms with Crippen molar-refractivity contribution in [2.45, 2.75) is 18.3 Å². The molecule has 2 heterocycles. The molecule has 2 aromatic carbocycles. The van der Waals surface area contributed by atoms with E-state index in [1.54, 1.807) is 12.1 Å². The molecule has 0 amide bonds. The number of ether oxygens (including phenoxy) is 1. The van der Waals surface area contributed by atoms with E-state index in [9.17, 15) is 4.39 Å². The second kappa shape index (κ2) is 8.44. The summed E-state index contributed by atoms with van der Waals surface area (Å²) in [6.45, 7) is 1.29. The average Bonchev–Trinajstić information content (AvgIpc) is 3.34. The number of hydrogen-bond donors (Lipinski definition) is 0. The van der Waals surface area contributed by atoms with Crippen molar-refractivity contribution in [3.8, 4) is 0 Å². The Morgan fingerprint density at radius 2 is 1.81 bits per heavy atom. The van der Waals surface area contributed by atoms with Gasteiger partial charge in [0.1, 0.15) is 18.1 Å². The second-order valence-electron chi connectivity index (χ2n) is 6.55. The van der Waals surface area contributed by atoms with Gasteiger partial charge in [-0.2, -0.15) is 11.8 Å². The number of hydrogen-bond acceptors (Lipinski definition) is 3. The minimum absolute atomic E-state index is 0.183. The van der Waals surface area contributed by atoms with Gasteiger partial charge in [0.15, 0.2) is 0 Å². The van der Waals surface area contributed by atoms with Crippen molar-refractivity contribution < 1.29 is 9.13 Å². The van der Waals surface area contributed by atoms with Crippen LogP contribution in [0.2, 0.25) is 0 Å².